The summed E-state index contributed by atoms with van der Waals surface area (Å²) in [6, 6.07) is 58.1. The minimum Gasteiger partial charge on any atom is -0.457 e. The minimum atomic E-state index is -0.283. The highest BCUT2D eigenvalue weighted by atomic mass is 19.1. The molecule has 0 spiro atoms. The number of nitrogens with zero attached hydrogens (tertiary/aromatic N) is 5. The third kappa shape index (κ3) is 7.22. The van der Waals surface area contributed by atoms with Gasteiger partial charge < -0.3 is 9.30 Å². The molecule has 67 heavy (non-hydrogen) atoms. The van der Waals surface area contributed by atoms with Crippen molar-refractivity contribution in [2.75, 3.05) is 0 Å². The Hall–Kier alpha value is -7.60. The Morgan fingerprint density at radius 1 is 0.478 bits per heavy atom. The van der Waals surface area contributed by atoms with Crippen molar-refractivity contribution in [3.63, 3.8) is 0 Å². The van der Waals surface area contributed by atoms with Gasteiger partial charge in [-0.15, -0.1) is 0 Å². The first-order chi connectivity index (χ1) is 32.0. The maximum atomic E-state index is 14.8. The van der Waals surface area contributed by atoms with Crippen molar-refractivity contribution in [3.8, 4) is 23.0 Å². The molecule has 0 saturated carbocycles. The smallest absolute Gasteiger partial charge is 0.457 e. The number of halogens is 1. The normalized spacial score (nSPS) is 13.2. The topological polar surface area (TPSA) is 38.0 Å². The second kappa shape index (κ2) is 15.2. The molecule has 1 aliphatic heterocycles. The summed E-state index contributed by atoms with van der Waals surface area (Å²) in [5.41, 5.74) is 12.5. The molecule has 0 aliphatic carbocycles. The molecule has 330 valence electrons. The minimum absolute atomic E-state index is 0.0813. The first-order valence-corrected chi connectivity index (χ1v) is 23.1. The van der Waals surface area contributed by atoms with Crippen molar-refractivity contribution >= 4 is 72.4 Å². The Labute approximate surface area is 391 Å². The first kappa shape index (κ1) is 42.1. The van der Waals surface area contributed by atoms with E-state index >= 15 is 0 Å². The number of rotatable bonds is 6. The highest BCUT2D eigenvalue weighted by molar-refractivity contribution is 6.11. The monoisotopic (exact) mass is 879 g/mol. The second-order valence-corrected chi connectivity index (χ2v) is 21.0. The van der Waals surface area contributed by atoms with Crippen LogP contribution in [0.5, 0.6) is 11.5 Å². The van der Waals surface area contributed by atoms with E-state index in [0.29, 0.717) is 11.5 Å². The average Bonchev–Trinajstić information content (AvgIpc) is 3.96. The lowest BCUT2D eigenvalue weighted by Gasteiger charge is -2.24. The lowest BCUT2D eigenvalue weighted by Crippen LogP contribution is -2.17. The van der Waals surface area contributed by atoms with E-state index < -0.39 is 0 Å². The van der Waals surface area contributed by atoms with Gasteiger partial charge in [0, 0.05) is 58.1 Å². The number of benzene rings is 7. The first-order valence-electron chi connectivity index (χ1n) is 23.1. The number of ether oxygens (including phenoxy) is 1. The van der Waals surface area contributed by atoms with E-state index in [1.807, 2.05) is 42.6 Å². The molecule has 0 fully saturated rings. The Morgan fingerprint density at radius 3 is 1.79 bits per heavy atom. The summed E-state index contributed by atoms with van der Waals surface area (Å²) in [4.78, 5) is 4.83. The van der Waals surface area contributed by atoms with Crippen LogP contribution in [0.1, 0.15) is 79.0 Å². The van der Waals surface area contributed by atoms with Gasteiger partial charge in [0.25, 0.3) is 0 Å². The summed E-state index contributed by atoms with van der Waals surface area (Å²) in [5, 5.41) is 4.15. The van der Waals surface area contributed by atoms with Gasteiger partial charge in [0.2, 0.25) is 11.4 Å². The van der Waals surface area contributed by atoms with Gasteiger partial charge in [-0.2, -0.15) is 0 Å². The summed E-state index contributed by atoms with van der Waals surface area (Å²) in [6.45, 7) is 20.3. The Bertz CT molecular complexity index is 3640. The standard InChI is InChI=1S/C60H54FN5O/c1-58(2,3)38-28-29-62-56(33-38)66-52-27-24-41(61)34-49(52)48-26-25-45(36-55(48)66)67-44-17-14-16-42(35-44)63-37-64(43-31-39(59(4,5)6)30-40(32-43)60(7,8)9)57-53(63)22-15-23-54(57)65-50-20-12-10-18-46(50)47-19-11-13-21-51(47)65/h10-36H,1-9H3/q+2. The number of aromatic nitrogens is 3. The number of fused-ring (bicyclic) bond motifs is 7. The molecular weight excluding hydrogens is 826 g/mol. The summed E-state index contributed by atoms with van der Waals surface area (Å²) in [6.07, 6.45) is 1.85. The summed E-state index contributed by atoms with van der Waals surface area (Å²) < 4.78 is 30.5. The van der Waals surface area contributed by atoms with Gasteiger partial charge in [0.05, 0.1) is 28.1 Å². The van der Waals surface area contributed by atoms with Crippen LogP contribution in [0.15, 0.2) is 164 Å². The van der Waals surface area contributed by atoms with E-state index in [1.54, 1.807) is 6.07 Å². The molecular formula is C60H54FN5O+2. The summed E-state index contributed by atoms with van der Waals surface area (Å²) in [7, 11) is 0. The number of hydrogen-bond acceptors (Lipinski definition) is 2. The van der Waals surface area contributed by atoms with Crippen molar-refractivity contribution in [2.24, 2.45) is 0 Å². The van der Waals surface area contributed by atoms with Gasteiger partial charge in [0.1, 0.15) is 28.8 Å². The van der Waals surface area contributed by atoms with Crippen LogP contribution >= 0.6 is 0 Å². The largest absolute Gasteiger partial charge is 0.503 e. The van der Waals surface area contributed by atoms with Crippen LogP contribution in [0, 0.1) is 5.82 Å². The Kier molecular flexibility index (Phi) is 9.56. The lowest BCUT2D eigenvalue weighted by molar-refractivity contribution is 0.483. The van der Waals surface area contributed by atoms with Crippen molar-refractivity contribution in [2.45, 2.75) is 78.6 Å². The zero-order chi connectivity index (χ0) is 46.6. The molecule has 7 heteroatoms. The van der Waals surface area contributed by atoms with Crippen molar-refractivity contribution in [1.29, 1.82) is 0 Å². The Morgan fingerprint density at radius 2 is 1.10 bits per heavy atom. The van der Waals surface area contributed by atoms with Crippen molar-refractivity contribution in [3.05, 3.63) is 186 Å². The Balaban J connectivity index is 1.08. The molecule has 11 rings (SSSR count). The maximum Gasteiger partial charge on any atom is 0.503 e. The molecule has 0 N–H and O–H groups in total. The third-order valence-corrected chi connectivity index (χ3v) is 13.2. The van der Waals surface area contributed by atoms with Gasteiger partial charge >= 0.3 is 17.4 Å². The summed E-state index contributed by atoms with van der Waals surface area (Å²) in [5.74, 6) is 1.81. The highest BCUT2D eigenvalue weighted by Gasteiger charge is 2.41. The molecule has 0 atom stereocenters. The molecule has 6 nitrogen and oxygen atoms in total. The van der Waals surface area contributed by atoms with Crippen LogP contribution in [0.25, 0.3) is 55.1 Å². The van der Waals surface area contributed by atoms with Gasteiger partial charge in [-0.3, -0.25) is 4.57 Å². The molecule has 0 saturated heterocycles. The SMILES string of the molecule is CC(C)(C)c1cc([N+]2=C=[N+](c3cccc(Oc4ccc5c6cc(F)ccc6n(-c6cc(C(C)(C)C)ccn6)c5c4)c3)c3cccc(-n4c5ccccc5c5ccccc54)c32)cc(C(C)(C)C)c1. The molecule has 4 heterocycles. The fourth-order valence-corrected chi connectivity index (χ4v) is 9.60. The molecule has 10 aromatic rings. The zero-order valence-electron chi connectivity index (χ0n) is 39.6. The summed E-state index contributed by atoms with van der Waals surface area (Å²) >= 11 is 0. The molecule has 3 aromatic heterocycles. The maximum absolute atomic E-state index is 14.8. The van der Waals surface area contributed by atoms with Crippen LogP contribution < -0.4 is 13.9 Å². The van der Waals surface area contributed by atoms with Crippen LogP contribution in [0.2, 0.25) is 0 Å². The molecule has 0 unspecified atom stereocenters. The fraction of sp³-hybridized carbons (Fsp3) is 0.200. The quantitative estimate of drug-likeness (QED) is 0.156. The van der Waals surface area contributed by atoms with Crippen LogP contribution in [-0.4, -0.2) is 20.1 Å². The number of pyridine rings is 1. The van der Waals surface area contributed by atoms with E-state index in [-0.39, 0.29) is 22.1 Å². The van der Waals surface area contributed by atoms with E-state index in [2.05, 4.69) is 196 Å². The van der Waals surface area contributed by atoms with Gasteiger partial charge in [-0.05, 0) is 109 Å². The van der Waals surface area contributed by atoms with Crippen molar-refractivity contribution < 1.29 is 9.13 Å². The van der Waals surface area contributed by atoms with E-state index in [9.17, 15) is 4.39 Å². The third-order valence-electron chi connectivity index (χ3n) is 13.2. The van der Waals surface area contributed by atoms with E-state index in [1.165, 1.54) is 28.0 Å². The second-order valence-electron chi connectivity index (χ2n) is 21.0. The number of hydrogen-bond donors (Lipinski definition) is 0. The van der Waals surface area contributed by atoms with Crippen molar-refractivity contribution in [1.82, 2.24) is 23.3 Å². The number of para-hydroxylation sites is 3. The predicted molar refractivity (Wildman–Crippen MR) is 276 cm³/mol. The highest BCUT2D eigenvalue weighted by Crippen LogP contribution is 2.45. The molecule has 7 aromatic carbocycles. The molecule has 0 amide bonds. The van der Waals surface area contributed by atoms with Gasteiger partial charge in [0.15, 0.2) is 0 Å². The van der Waals surface area contributed by atoms with Crippen LogP contribution in [-0.2, 0) is 16.2 Å². The van der Waals surface area contributed by atoms with E-state index in [4.69, 9.17) is 9.72 Å². The molecule has 0 bridgehead atoms. The van der Waals surface area contributed by atoms with Gasteiger partial charge in [-0.25, -0.2) is 9.37 Å². The lowest BCUT2D eigenvalue weighted by atomic mass is 9.80. The average molecular weight is 880 g/mol. The molecule has 1 aliphatic rings. The van der Waals surface area contributed by atoms with E-state index in [0.717, 1.165) is 72.7 Å². The fourth-order valence-electron chi connectivity index (χ4n) is 9.60. The van der Waals surface area contributed by atoms with Gasteiger partial charge in [-0.1, -0.05) is 117 Å². The predicted octanol–water partition coefficient (Wildman–Crippen LogP) is 16.0. The van der Waals surface area contributed by atoms with Crippen LogP contribution in [0.4, 0.5) is 27.1 Å². The van der Waals surface area contributed by atoms with Crippen LogP contribution in [0.3, 0.4) is 0 Å². The zero-order valence-corrected chi connectivity index (χ0v) is 39.6. The molecule has 0 radical (unpaired) electrons.